The van der Waals surface area contributed by atoms with Crippen molar-refractivity contribution in [1.29, 1.82) is 0 Å². The van der Waals surface area contributed by atoms with Gasteiger partial charge >= 0.3 is 0 Å². The molecule has 3 N–H and O–H groups in total. The van der Waals surface area contributed by atoms with Crippen LogP contribution < -0.4 is 11.1 Å². The number of para-hydroxylation sites is 1. The van der Waals surface area contributed by atoms with Crippen LogP contribution in [-0.4, -0.2) is 24.2 Å². The number of benzene rings is 1. The maximum absolute atomic E-state index is 13.5. The molecule has 5 heteroatoms. The molecule has 4 nitrogen and oxygen atoms in total. The minimum atomic E-state index is -0.702. The van der Waals surface area contributed by atoms with Gasteiger partial charge in [-0.3, -0.25) is 4.79 Å². The van der Waals surface area contributed by atoms with E-state index < -0.39 is 17.8 Å². The van der Waals surface area contributed by atoms with Crippen LogP contribution in [0.15, 0.2) is 24.3 Å². The molecule has 1 amide bonds. The largest absolute Gasteiger partial charge is 0.373 e. The van der Waals surface area contributed by atoms with E-state index in [1.54, 1.807) is 18.2 Å². The van der Waals surface area contributed by atoms with Crippen molar-refractivity contribution in [3.8, 4) is 0 Å². The van der Waals surface area contributed by atoms with Gasteiger partial charge in [-0.15, -0.1) is 0 Å². The minimum Gasteiger partial charge on any atom is -0.373 e. The van der Waals surface area contributed by atoms with Gasteiger partial charge in [-0.1, -0.05) is 12.1 Å². The van der Waals surface area contributed by atoms with Gasteiger partial charge in [0.2, 0.25) is 5.91 Å². The molecule has 1 heterocycles. The third-order valence-corrected chi connectivity index (χ3v) is 3.13. The van der Waals surface area contributed by atoms with Crippen molar-refractivity contribution >= 4 is 11.6 Å². The standard InChI is InChI=1S/C13H17FN2O2/c1-8-6-7-11(18-8)12(13(15)17)16-10-5-3-2-4-9(10)14/h2-5,8,11-12,16H,6-7H2,1H3,(H2,15,17). The Morgan fingerprint density at radius 3 is 2.78 bits per heavy atom. The second kappa shape index (κ2) is 5.35. The van der Waals surface area contributed by atoms with Crippen LogP contribution in [0.4, 0.5) is 10.1 Å². The first-order valence-corrected chi connectivity index (χ1v) is 6.04. The van der Waals surface area contributed by atoms with Crippen molar-refractivity contribution in [2.75, 3.05) is 5.32 Å². The number of nitrogens with one attached hydrogen (secondary N) is 1. The second-order valence-corrected chi connectivity index (χ2v) is 4.57. The van der Waals surface area contributed by atoms with Gasteiger partial charge in [-0.05, 0) is 31.9 Å². The van der Waals surface area contributed by atoms with Crippen LogP contribution in [0.1, 0.15) is 19.8 Å². The molecule has 98 valence electrons. The second-order valence-electron chi connectivity index (χ2n) is 4.57. The molecule has 1 aliphatic rings. The number of ether oxygens (including phenoxy) is 1. The van der Waals surface area contributed by atoms with E-state index in [4.69, 9.17) is 10.5 Å². The molecule has 0 bridgehead atoms. The third kappa shape index (κ3) is 2.79. The summed E-state index contributed by atoms with van der Waals surface area (Å²) in [5.41, 5.74) is 5.62. The molecule has 0 radical (unpaired) electrons. The number of amides is 1. The van der Waals surface area contributed by atoms with Gasteiger partial charge in [0.05, 0.1) is 17.9 Å². The highest BCUT2D eigenvalue weighted by Gasteiger charge is 2.33. The first-order chi connectivity index (χ1) is 8.58. The minimum absolute atomic E-state index is 0.110. The lowest BCUT2D eigenvalue weighted by Gasteiger charge is -2.23. The summed E-state index contributed by atoms with van der Waals surface area (Å²) in [7, 11) is 0. The Bertz CT molecular complexity index is 439. The topological polar surface area (TPSA) is 64.3 Å². The van der Waals surface area contributed by atoms with E-state index >= 15 is 0 Å². The SMILES string of the molecule is CC1CCC(C(Nc2ccccc2F)C(N)=O)O1. The van der Waals surface area contributed by atoms with Gasteiger partial charge in [-0.2, -0.15) is 0 Å². The van der Waals surface area contributed by atoms with Gasteiger partial charge in [0.1, 0.15) is 11.9 Å². The molecule has 1 aromatic carbocycles. The highest BCUT2D eigenvalue weighted by Crippen LogP contribution is 2.24. The van der Waals surface area contributed by atoms with E-state index in [1.807, 2.05) is 6.92 Å². The Balaban J connectivity index is 2.12. The Morgan fingerprint density at radius 2 is 2.22 bits per heavy atom. The number of anilines is 1. The van der Waals surface area contributed by atoms with Crippen molar-refractivity contribution in [3.63, 3.8) is 0 Å². The summed E-state index contributed by atoms with van der Waals surface area (Å²) in [6.07, 6.45) is 1.44. The lowest BCUT2D eigenvalue weighted by atomic mass is 10.1. The zero-order valence-electron chi connectivity index (χ0n) is 10.2. The first-order valence-electron chi connectivity index (χ1n) is 6.04. The Hall–Kier alpha value is -1.62. The number of hydrogen-bond acceptors (Lipinski definition) is 3. The third-order valence-electron chi connectivity index (χ3n) is 3.13. The predicted octanol–water partition coefficient (Wildman–Crippen LogP) is 1.66. The summed E-state index contributed by atoms with van der Waals surface area (Å²) in [6, 6.07) is 5.49. The number of hydrogen-bond donors (Lipinski definition) is 2. The lowest BCUT2D eigenvalue weighted by molar-refractivity contribution is -0.121. The molecule has 1 aliphatic heterocycles. The molecule has 0 spiro atoms. The van der Waals surface area contributed by atoms with Crippen molar-refractivity contribution < 1.29 is 13.9 Å². The maximum atomic E-state index is 13.5. The summed E-state index contributed by atoms with van der Waals surface area (Å²) < 4.78 is 19.1. The quantitative estimate of drug-likeness (QED) is 0.856. The number of rotatable bonds is 4. The number of halogens is 1. The van der Waals surface area contributed by atoms with Crippen molar-refractivity contribution in [3.05, 3.63) is 30.1 Å². The molecule has 1 fully saturated rings. The van der Waals surface area contributed by atoms with Crippen LogP contribution >= 0.6 is 0 Å². The molecule has 0 aliphatic carbocycles. The smallest absolute Gasteiger partial charge is 0.242 e. The lowest BCUT2D eigenvalue weighted by Crippen LogP contribution is -2.45. The Morgan fingerprint density at radius 1 is 1.50 bits per heavy atom. The van der Waals surface area contributed by atoms with Crippen LogP contribution in [0.5, 0.6) is 0 Å². The normalized spacial score (nSPS) is 24.8. The van der Waals surface area contributed by atoms with Crippen molar-refractivity contribution in [2.24, 2.45) is 5.73 Å². The first kappa shape index (κ1) is 12.8. The predicted molar refractivity (Wildman–Crippen MR) is 66.6 cm³/mol. The Kier molecular flexibility index (Phi) is 3.81. The monoisotopic (exact) mass is 252 g/mol. The number of primary amides is 1. The molecule has 0 aromatic heterocycles. The average molecular weight is 252 g/mol. The molecule has 0 saturated carbocycles. The molecule has 1 saturated heterocycles. The van der Waals surface area contributed by atoms with E-state index in [-0.39, 0.29) is 17.9 Å². The number of carbonyl (C=O) groups is 1. The highest BCUT2D eigenvalue weighted by atomic mass is 19.1. The molecule has 18 heavy (non-hydrogen) atoms. The molecule has 3 atom stereocenters. The van der Waals surface area contributed by atoms with E-state index in [1.165, 1.54) is 6.07 Å². The van der Waals surface area contributed by atoms with Crippen molar-refractivity contribution in [1.82, 2.24) is 0 Å². The summed E-state index contributed by atoms with van der Waals surface area (Å²) in [4.78, 5) is 11.5. The zero-order valence-corrected chi connectivity index (χ0v) is 10.2. The zero-order chi connectivity index (χ0) is 13.1. The fourth-order valence-electron chi connectivity index (χ4n) is 2.17. The molecule has 3 unspecified atom stereocenters. The van der Waals surface area contributed by atoms with Crippen LogP contribution in [0.3, 0.4) is 0 Å². The maximum Gasteiger partial charge on any atom is 0.242 e. The van der Waals surface area contributed by atoms with Gasteiger partial charge in [-0.25, -0.2) is 4.39 Å². The van der Waals surface area contributed by atoms with Crippen molar-refractivity contribution in [2.45, 2.75) is 38.0 Å². The number of carbonyl (C=O) groups excluding carboxylic acids is 1. The summed E-state index contributed by atoms with van der Waals surface area (Å²) in [5, 5.41) is 2.83. The summed E-state index contributed by atoms with van der Waals surface area (Å²) in [5.74, 6) is -0.938. The van der Waals surface area contributed by atoms with Gasteiger partial charge in [0, 0.05) is 0 Å². The summed E-state index contributed by atoms with van der Waals surface area (Å²) >= 11 is 0. The van der Waals surface area contributed by atoms with Crippen LogP contribution in [0.25, 0.3) is 0 Å². The molecule has 1 aromatic rings. The molecular weight excluding hydrogens is 235 g/mol. The Labute approximate surface area is 105 Å². The van der Waals surface area contributed by atoms with Gasteiger partial charge in [0.25, 0.3) is 0 Å². The van der Waals surface area contributed by atoms with E-state index in [0.29, 0.717) is 0 Å². The van der Waals surface area contributed by atoms with E-state index in [9.17, 15) is 9.18 Å². The van der Waals surface area contributed by atoms with Gasteiger partial charge in [0.15, 0.2) is 0 Å². The van der Waals surface area contributed by atoms with Crippen LogP contribution in [0, 0.1) is 5.82 Å². The van der Waals surface area contributed by atoms with E-state index in [0.717, 1.165) is 12.8 Å². The average Bonchev–Trinajstić information content (AvgIpc) is 2.74. The van der Waals surface area contributed by atoms with Crippen LogP contribution in [-0.2, 0) is 9.53 Å². The fraction of sp³-hybridized carbons (Fsp3) is 0.462. The molecular formula is C13H17FN2O2. The number of nitrogens with two attached hydrogens (primary N) is 1. The van der Waals surface area contributed by atoms with E-state index in [2.05, 4.69) is 5.32 Å². The fourth-order valence-corrected chi connectivity index (χ4v) is 2.17. The molecule has 2 rings (SSSR count). The highest BCUT2D eigenvalue weighted by molar-refractivity contribution is 5.83. The van der Waals surface area contributed by atoms with Crippen LogP contribution in [0.2, 0.25) is 0 Å². The summed E-state index contributed by atoms with van der Waals surface area (Å²) in [6.45, 7) is 1.95. The van der Waals surface area contributed by atoms with Gasteiger partial charge < -0.3 is 15.8 Å².